The molecule has 0 fully saturated rings. The van der Waals surface area contributed by atoms with Crippen LogP contribution in [0.2, 0.25) is 0 Å². The highest BCUT2D eigenvalue weighted by Gasteiger charge is 2.21. The smallest absolute Gasteiger partial charge is 0.252 e. The Kier molecular flexibility index (Phi) is 6.85. The van der Waals surface area contributed by atoms with Gasteiger partial charge in [-0.05, 0) is 59.5 Å². The molecule has 4 nitrogen and oxygen atoms in total. The average molecular weight is 362 g/mol. The maximum atomic E-state index is 12.1. The first-order chi connectivity index (χ1) is 9.39. The van der Waals surface area contributed by atoms with E-state index in [9.17, 15) is 9.90 Å². The van der Waals surface area contributed by atoms with Crippen LogP contribution in [0.4, 0.5) is 0 Å². The zero-order valence-electron chi connectivity index (χ0n) is 11.9. The fraction of sp³-hybridized carbons (Fsp3) is 0.500. The van der Waals surface area contributed by atoms with Gasteiger partial charge < -0.3 is 15.2 Å². The Bertz CT molecular complexity index is 466. The summed E-state index contributed by atoms with van der Waals surface area (Å²) in [5.41, 5.74) is -0.408. The highest BCUT2D eigenvalue weighted by molar-refractivity contribution is 9.10. The normalized spacial score (nSPS) is 13.7. The van der Waals surface area contributed by atoms with Crippen LogP contribution >= 0.6 is 27.7 Å². The van der Waals surface area contributed by atoms with Gasteiger partial charge in [0.1, 0.15) is 5.75 Å². The quantitative estimate of drug-likeness (QED) is 0.783. The molecule has 1 atom stereocenters. The van der Waals surface area contributed by atoms with Crippen molar-refractivity contribution in [2.24, 2.45) is 0 Å². The van der Waals surface area contributed by atoms with E-state index in [1.54, 1.807) is 44.0 Å². The number of hydrogen-bond donors (Lipinski definition) is 2. The van der Waals surface area contributed by atoms with Crippen molar-refractivity contribution in [3.63, 3.8) is 0 Å². The molecular formula is C14H20BrNO3S. The number of aliphatic hydroxyl groups is 1. The van der Waals surface area contributed by atoms with E-state index >= 15 is 0 Å². The molecule has 0 unspecified atom stereocenters. The summed E-state index contributed by atoms with van der Waals surface area (Å²) in [6.45, 7) is 1.94. The number of nitrogens with one attached hydrogen (secondary N) is 1. The second kappa shape index (κ2) is 7.90. The standard InChI is InChI=1S/C14H20BrNO3S/c1-14(18,6-7-20-3)9-16-13(17)11-8-10(19-2)4-5-12(11)15/h4-5,8,18H,6-7,9H2,1-3H3,(H,16,17)/t14-/m1/s1. The van der Waals surface area contributed by atoms with Crippen LogP contribution in [-0.4, -0.2) is 42.3 Å². The van der Waals surface area contributed by atoms with Crippen LogP contribution in [0.3, 0.4) is 0 Å². The van der Waals surface area contributed by atoms with Crippen LogP contribution in [0, 0.1) is 0 Å². The lowest BCUT2D eigenvalue weighted by Gasteiger charge is -2.23. The summed E-state index contributed by atoms with van der Waals surface area (Å²) in [4.78, 5) is 12.1. The van der Waals surface area contributed by atoms with Gasteiger partial charge in [0.25, 0.3) is 5.91 Å². The van der Waals surface area contributed by atoms with Crippen molar-refractivity contribution < 1.29 is 14.6 Å². The van der Waals surface area contributed by atoms with E-state index in [0.29, 0.717) is 22.2 Å². The summed E-state index contributed by atoms with van der Waals surface area (Å²) in [6.07, 6.45) is 2.62. The summed E-state index contributed by atoms with van der Waals surface area (Å²) >= 11 is 5.01. The minimum Gasteiger partial charge on any atom is -0.497 e. The lowest BCUT2D eigenvalue weighted by atomic mass is 10.0. The number of halogens is 1. The SMILES string of the molecule is COc1ccc(Br)c(C(=O)NC[C@](C)(O)CCSC)c1. The Morgan fingerprint density at radius 1 is 1.55 bits per heavy atom. The van der Waals surface area contributed by atoms with E-state index < -0.39 is 5.60 Å². The highest BCUT2D eigenvalue weighted by atomic mass is 79.9. The third-order valence-electron chi connectivity index (χ3n) is 2.89. The minimum absolute atomic E-state index is 0.218. The third-order valence-corrected chi connectivity index (χ3v) is 4.20. The van der Waals surface area contributed by atoms with Gasteiger partial charge in [0.2, 0.25) is 0 Å². The number of carbonyl (C=O) groups excluding carboxylic acids is 1. The fourth-order valence-corrected chi connectivity index (χ4v) is 2.65. The summed E-state index contributed by atoms with van der Waals surface area (Å²) in [5.74, 6) is 1.24. The van der Waals surface area contributed by atoms with Crippen molar-refractivity contribution in [1.29, 1.82) is 0 Å². The van der Waals surface area contributed by atoms with E-state index in [-0.39, 0.29) is 12.5 Å². The Morgan fingerprint density at radius 2 is 2.25 bits per heavy atom. The van der Waals surface area contributed by atoms with Crippen LogP contribution in [0.1, 0.15) is 23.7 Å². The van der Waals surface area contributed by atoms with Crippen LogP contribution in [0.25, 0.3) is 0 Å². The highest BCUT2D eigenvalue weighted by Crippen LogP contribution is 2.22. The molecule has 0 saturated carbocycles. The van der Waals surface area contributed by atoms with Gasteiger partial charge in [-0.25, -0.2) is 0 Å². The zero-order valence-corrected chi connectivity index (χ0v) is 14.3. The lowest BCUT2D eigenvalue weighted by molar-refractivity contribution is 0.0528. The van der Waals surface area contributed by atoms with E-state index in [4.69, 9.17) is 4.74 Å². The molecule has 112 valence electrons. The molecule has 6 heteroatoms. The number of rotatable bonds is 7. The zero-order chi connectivity index (χ0) is 15.2. The van der Waals surface area contributed by atoms with Crippen LogP contribution in [0.5, 0.6) is 5.75 Å². The van der Waals surface area contributed by atoms with Gasteiger partial charge in [0, 0.05) is 11.0 Å². The van der Waals surface area contributed by atoms with Crippen molar-refractivity contribution in [2.45, 2.75) is 18.9 Å². The number of carbonyl (C=O) groups is 1. The van der Waals surface area contributed by atoms with Crippen molar-refractivity contribution >= 4 is 33.6 Å². The summed E-state index contributed by atoms with van der Waals surface area (Å²) < 4.78 is 5.80. The van der Waals surface area contributed by atoms with Gasteiger partial charge >= 0.3 is 0 Å². The summed E-state index contributed by atoms with van der Waals surface area (Å²) in [5, 5.41) is 12.9. The van der Waals surface area contributed by atoms with Gasteiger partial charge in [-0.15, -0.1) is 0 Å². The number of hydrogen-bond acceptors (Lipinski definition) is 4. The molecule has 1 aromatic rings. The molecule has 0 bridgehead atoms. The van der Waals surface area contributed by atoms with Gasteiger partial charge in [-0.3, -0.25) is 4.79 Å². The summed E-state index contributed by atoms with van der Waals surface area (Å²) in [6, 6.07) is 5.20. The molecule has 0 saturated heterocycles. The molecule has 0 aliphatic carbocycles. The number of benzene rings is 1. The predicted octanol–water partition coefficient (Wildman–Crippen LogP) is 2.69. The molecular weight excluding hydrogens is 342 g/mol. The fourth-order valence-electron chi connectivity index (χ4n) is 1.58. The molecule has 1 rings (SSSR count). The van der Waals surface area contributed by atoms with Gasteiger partial charge in [-0.1, -0.05) is 0 Å². The van der Waals surface area contributed by atoms with Crippen molar-refractivity contribution in [3.05, 3.63) is 28.2 Å². The first-order valence-corrected chi connectivity index (χ1v) is 8.41. The van der Waals surface area contributed by atoms with E-state index in [2.05, 4.69) is 21.2 Å². The van der Waals surface area contributed by atoms with Crippen LogP contribution in [0.15, 0.2) is 22.7 Å². The lowest BCUT2D eigenvalue weighted by Crippen LogP contribution is -2.41. The first-order valence-electron chi connectivity index (χ1n) is 6.22. The average Bonchev–Trinajstić information content (AvgIpc) is 2.43. The van der Waals surface area contributed by atoms with E-state index in [0.717, 1.165) is 5.75 Å². The third kappa shape index (κ3) is 5.34. The Morgan fingerprint density at radius 3 is 2.85 bits per heavy atom. The van der Waals surface area contributed by atoms with Crippen molar-refractivity contribution in [3.8, 4) is 5.75 Å². The second-order valence-corrected chi connectivity index (χ2v) is 6.61. The predicted molar refractivity (Wildman–Crippen MR) is 86.7 cm³/mol. The van der Waals surface area contributed by atoms with Crippen LogP contribution in [-0.2, 0) is 0 Å². The van der Waals surface area contributed by atoms with Crippen molar-refractivity contribution in [1.82, 2.24) is 5.32 Å². The number of amides is 1. The topological polar surface area (TPSA) is 58.6 Å². The van der Waals surface area contributed by atoms with E-state index in [1.807, 2.05) is 6.26 Å². The van der Waals surface area contributed by atoms with Gasteiger partial charge in [-0.2, -0.15) is 11.8 Å². The molecule has 0 radical (unpaired) electrons. The Hall–Kier alpha value is -0.720. The van der Waals surface area contributed by atoms with Gasteiger partial charge in [0.05, 0.1) is 18.3 Å². The monoisotopic (exact) mass is 361 g/mol. The molecule has 20 heavy (non-hydrogen) atoms. The second-order valence-electron chi connectivity index (χ2n) is 4.77. The molecule has 1 amide bonds. The van der Waals surface area contributed by atoms with Crippen LogP contribution < -0.4 is 10.1 Å². The number of thioether (sulfide) groups is 1. The Labute approximate surface area is 132 Å². The summed E-state index contributed by atoms with van der Waals surface area (Å²) in [7, 11) is 1.55. The maximum absolute atomic E-state index is 12.1. The minimum atomic E-state index is -0.899. The number of methoxy groups -OCH3 is 1. The van der Waals surface area contributed by atoms with Gasteiger partial charge in [0.15, 0.2) is 0 Å². The molecule has 1 aromatic carbocycles. The molecule has 0 aliphatic rings. The molecule has 0 heterocycles. The molecule has 2 N–H and O–H groups in total. The van der Waals surface area contributed by atoms with E-state index in [1.165, 1.54) is 0 Å². The largest absolute Gasteiger partial charge is 0.497 e. The molecule has 0 aliphatic heterocycles. The molecule has 0 aromatic heterocycles. The molecule has 0 spiro atoms. The number of ether oxygens (including phenoxy) is 1. The Balaban J connectivity index is 2.67. The first kappa shape index (κ1) is 17.3. The maximum Gasteiger partial charge on any atom is 0.252 e. The van der Waals surface area contributed by atoms with Crippen molar-refractivity contribution in [2.75, 3.05) is 25.7 Å².